The molecule has 2 aromatic carbocycles. The van der Waals surface area contributed by atoms with E-state index in [9.17, 15) is 4.79 Å². The fourth-order valence-corrected chi connectivity index (χ4v) is 1.94. The van der Waals surface area contributed by atoms with E-state index in [2.05, 4.69) is 5.32 Å². The number of nitrogens with two attached hydrogens (primary N) is 1. The van der Waals surface area contributed by atoms with Crippen LogP contribution in [0.5, 0.6) is 0 Å². The maximum atomic E-state index is 12.2. The van der Waals surface area contributed by atoms with E-state index in [-0.39, 0.29) is 5.91 Å². The zero-order chi connectivity index (χ0) is 14.0. The Bertz CT molecular complexity index is 638. The molecule has 0 bridgehead atoms. The van der Waals surface area contributed by atoms with Crippen molar-refractivity contribution in [3.05, 3.63) is 58.1 Å². The summed E-state index contributed by atoms with van der Waals surface area (Å²) in [6.45, 7) is 3.74. The molecule has 3 nitrogen and oxygen atoms in total. The molecule has 0 radical (unpaired) electrons. The number of rotatable bonds is 2. The Balaban J connectivity index is 2.26. The minimum Gasteiger partial charge on any atom is -0.398 e. The summed E-state index contributed by atoms with van der Waals surface area (Å²) in [7, 11) is 0. The molecule has 0 aliphatic heterocycles. The second kappa shape index (κ2) is 5.33. The third-order valence-electron chi connectivity index (χ3n) is 3.05. The molecule has 0 saturated heterocycles. The van der Waals surface area contributed by atoms with Crippen LogP contribution in [0.3, 0.4) is 0 Å². The number of hydrogen-bond acceptors (Lipinski definition) is 2. The van der Waals surface area contributed by atoms with Crippen LogP contribution in [-0.2, 0) is 0 Å². The number of carbonyl (C=O) groups excluding carboxylic acids is 1. The number of amides is 1. The highest BCUT2D eigenvalue weighted by Gasteiger charge is 2.11. The predicted octanol–water partition coefficient (Wildman–Crippen LogP) is 3.79. The van der Waals surface area contributed by atoms with Gasteiger partial charge in [-0.25, -0.2) is 0 Å². The van der Waals surface area contributed by atoms with Crippen molar-refractivity contribution in [2.75, 3.05) is 11.1 Å². The van der Waals surface area contributed by atoms with E-state index in [0.717, 1.165) is 11.1 Å². The first-order valence-electron chi connectivity index (χ1n) is 5.91. The number of nitrogen functional groups attached to an aromatic ring is 1. The van der Waals surface area contributed by atoms with Crippen LogP contribution in [0, 0.1) is 13.8 Å². The van der Waals surface area contributed by atoms with Gasteiger partial charge in [-0.05, 0) is 49.2 Å². The first-order chi connectivity index (χ1) is 8.99. The fraction of sp³-hybridized carbons (Fsp3) is 0.133. The lowest BCUT2D eigenvalue weighted by Crippen LogP contribution is -2.13. The SMILES string of the molecule is Cc1ccc(NC(=O)c2cccc(Cl)c2C)cc1N. The summed E-state index contributed by atoms with van der Waals surface area (Å²) in [5.74, 6) is -0.191. The highest BCUT2D eigenvalue weighted by molar-refractivity contribution is 6.32. The van der Waals surface area contributed by atoms with Gasteiger partial charge in [0.2, 0.25) is 0 Å². The van der Waals surface area contributed by atoms with E-state index in [4.69, 9.17) is 17.3 Å². The van der Waals surface area contributed by atoms with Crippen molar-refractivity contribution < 1.29 is 4.79 Å². The monoisotopic (exact) mass is 274 g/mol. The third-order valence-corrected chi connectivity index (χ3v) is 3.46. The molecule has 0 aliphatic carbocycles. The summed E-state index contributed by atoms with van der Waals surface area (Å²) in [6.07, 6.45) is 0. The second-order valence-electron chi connectivity index (χ2n) is 4.44. The molecule has 0 aliphatic rings. The third kappa shape index (κ3) is 2.88. The molecule has 4 heteroatoms. The Kier molecular flexibility index (Phi) is 3.76. The van der Waals surface area contributed by atoms with Crippen molar-refractivity contribution in [2.45, 2.75) is 13.8 Å². The van der Waals surface area contributed by atoms with E-state index in [0.29, 0.717) is 22.0 Å². The average molecular weight is 275 g/mol. The second-order valence-corrected chi connectivity index (χ2v) is 4.85. The lowest BCUT2D eigenvalue weighted by Gasteiger charge is -2.10. The van der Waals surface area contributed by atoms with Gasteiger partial charge in [-0.2, -0.15) is 0 Å². The summed E-state index contributed by atoms with van der Waals surface area (Å²) >= 11 is 6.01. The summed E-state index contributed by atoms with van der Waals surface area (Å²) in [5.41, 5.74) is 9.45. The molecule has 0 heterocycles. The van der Waals surface area contributed by atoms with Crippen molar-refractivity contribution in [3.63, 3.8) is 0 Å². The van der Waals surface area contributed by atoms with E-state index in [1.54, 1.807) is 24.3 Å². The minimum absolute atomic E-state index is 0.191. The summed E-state index contributed by atoms with van der Waals surface area (Å²) < 4.78 is 0. The topological polar surface area (TPSA) is 55.1 Å². The van der Waals surface area contributed by atoms with Gasteiger partial charge in [0.25, 0.3) is 5.91 Å². The van der Waals surface area contributed by atoms with Crippen molar-refractivity contribution in [2.24, 2.45) is 0 Å². The van der Waals surface area contributed by atoms with Gasteiger partial charge in [-0.1, -0.05) is 23.7 Å². The smallest absolute Gasteiger partial charge is 0.255 e. The molecule has 0 saturated carbocycles. The molecule has 0 fully saturated rings. The van der Waals surface area contributed by atoms with Gasteiger partial charge < -0.3 is 11.1 Å². The van der Waals surface area contributed by atoms with Gasteiger partial charge in [-0.3, -0.25) is 4.79 Å². The van der Waals surface area contributed by atoms with E-state index < -0.39 is 0 Å². The van der Waals surface area contributed by atoms with Crippen molar-refractivity contribution in [1.29, 1.82) is 0 Å². The normalized spacial score (nSPS) is 10.3. The standard InChI is InChI=1S/C15H15ClN2O/c1-9-6-7-11(8-14(9)17)18-15(19)12-4-3-5-13(16)10(12)2/h3-8H,17H2,1-2H3,(H,18,19). The molecule has 0 spiro atoms. The molecular formula is C15H15ClN2O. The van der Waals surface area contributed by atoms with Gasteiger partial charge >= 0.3 is 0 Å². The van der Waals surface area contributed by atoms with Crippen LogP contribution in [0.1, 0.15) is 21.5 Å². The lowest BCUT2D eigenvalue weighted by molar-refractivity contribution is 0.102. The van der Waals surface area contributed by atoms with E-state index in [1.165, 1.54) is 0 Å². The zero-order valence-electron chi connectivity index (χ0n) is 10.8. The van der Waals surface area contributed by atoms with Gasteiger partial charge in [-0.15, -0.1) is 0 Å². The number of aryl methyl sites for hydroxylation is 1. The Labute approximate surface area is 117 Å². The van der Waals surface area contributed by atoms with Crippen molar-refractivity contribution >= 4 is 28.9 Å². The summed E-state index contributed by atoms with van der Waals surface area (Å²) in [5, 5.41) is 3.40. The van der Waals surface area contributed by atoms with Gasteiger partial charge in [0, 0.05) is 22.0 Å². The number of nitrogens with one attached hydrogen (secondary N) is 1. The van der Waals surface area contributed by atoms with Crippen LogP contribution in [0.25, 0.3) is 0 Å². The maximum absolute atomic E-state index is 12.2. The van der Waals surface area contributed by atoms with Crippen molar-refractivity contribution in [1.82, 2.24) is 0 Å². The van der Waals surface area contributed by atoms with Crippen molar-refractivity contribution in [3.8, 4) is 0 Å². The van der Waals surface area contributed by atoms with Gasteiger partial charge in [0.05, 0.1) is 0 Å². The molecule has 2 rings (SSSR count). The van der Waals surface area contributed by atoms with Crippen LogP contribution >= 0.6 is 11.6 Å². The van der Waals surface area contributed by atoms with E-state index >= 15 is 0 Å². The number of hydrogen-bond donors (Lipinski definition) is 2. The fourth-order valence-electron chi connectivity index (χ4n) is 1.77. The number of benzene rings is 2. The van der Waals surface area contributed by atoms with E-state index in [1.807, 2.05) is 26.0 Å². The van der Waals surface area contributed by atoms with Crippen LogP contribution in [0.15, 0.2) is 36.4 Å². The highest BCUT2D eigenvalue weighted by Crippen LogP contribution is 2.21. The first kappa shape index (κ1) is 13.4. The average Bonchev–Trinajstić information content (AvgIpc) is 2.37. The van der Waals surface area contributed by atoms with Crippen LogP contribution in [0.2, 0.25) is 5.02 Å². The summed E-state index contributed by atoms with van der Waals surface area (Å²) in [4.78, 5) is 12.2. The quantitative estimate of drug-likeness (QED) is 0.819. The molecule has 3 N–H and O–H groups in total. The molecule has 1 amide bonds. The Morgan fingerprint density at radius 3 is 2.63 bits per heavy atom. The molecule has 0 aromatic heterocycles. The van der Waals surface area contributed by atoms with Crippen LogP contribution < -0.4 is 11.1 Å². The van der Waals surface area contributed by atoms with Gasteiger partial charge in [0.15, 0.2) is 0 Å². The lowest BCUT2D eigenvalue weighted by atomic mass is 10.1. The minimum atomic E-state index is -0.191. The largest absolute Gasteiger partial charge is 0.398 e. The Morgan fingerprint density at radius 2 is 1.95 bits per heavy atom. The highest BCUT2D eigenvalue weighted by atomic mass is 35.5. The molecule has 98 valence electrons. The molecular weight excluding hydrogens is 260 g/mol. The number of anilines is 2. The molecule has 19 heavy (non-hydrogen) atoms. The Hall–Kier alpha value is -2.00. The summed E-state index contributed by atoms with van der Waals surface area (Å²) in [6, 6.07) is 10.7. The number of carbonyl (C=O) groups is 1. The molecule has 0 unspecified atom stereocenters. The first-order valence-corrected chi connectivity index (χ1v) is 6.29. The van der Waals surface area contributed by atoms with Crippen LogP contribution in [0.4, 0.5) is 11.4 Å². The van der Waals surface area contributed by atoms with Crippen LogP contribution in [-0.4, -0.2) is 5.91 Å². The Morgan fingerprint density at radius 1 is 1.21 bits per heavy atom. The van der Waals surface area contributed by atoms with Gasteiger partial charge in [0.1, 0.15) is 0 Å². The number of halogens is 1. The zero-order valence-corrected chi connectivity index (χ0v) is 11.6. The maximum Gasteiger partial charge on any atom is 0.255 e. The molecule has 2 aromatic rings. The predicted molar refractivity (Wildman–Crippen MR) is 79.7 cm³/mol. The molecule has 0 atom stereocenters.